The molecule has 4 aliphatic carbocycles. The molecule has 12 rings (SSSR count). The lowest BCUT2D eigenvalue weighted by Crippen LogP contribution is -2.27. The van der Waals surface area contributed by atoms with Crippen LogP contribution < -0.4 is 0 Å². The molecule has 0 atom stereocenters. The molecule has 8 aromatic rings. The highest BCUT2D eigenvalue weighted by Gasteiger charge is 2.53. The van der Waals surface area contributed by atoms with Crippen LogP contribution in [0.2, 0.25) is 0 Å². The van der Waals surface area contributed by atoms with Crippen molar-refractivity contribution in [3.63, 3.8) is 0 Å². The average Bonchev–Trinajstić information content (AvgIpc) is 3.91. The van der Waals surface area contributed by atoms with E-state index in [2.05, 4.69) is 203 Å². The van der Waals surface area contributed by atoms with E-state index in [1.54, 1.807) is 0 Å². The third-order valence-corrected chi connectivity index (χ3v) is 13.0. The second-order valence-electron chi connectivity index (χ2n) is 16.9. The Morgan fingerprint density at radius 1 is 0.321 bits per heavy atom. The molecule has 0 saturated heterocycles. The molecule has 0 bridgehead atoms. The van der Waals surface area contributed by atoms with Gasteiger partial charge in [0.15, 0.2) is 0 Å². The summed E-state index contributed by atoms with van der Waals surface area (Å²) >= 11 is 0. The molecule has 56 heavy (non-hydrogen) atoms. The van der Waals surface area contributed by atoms with Gasteiger partial charge in [0.25, 0.3) is 0 Å². The number of hydrogen-bond acceptors (Lipinski definition) is 1. The SMILES string of the molecule is CC(C)(C)N=C(c1ccc2c(c1)C1(c3ccccc3-c3ccccc31)c1ccccc1-2)c1ccc2c(c1)C1(c3ccccc3-c3ccccc31)c1ccccc1-2. The van der Waals surface area contributed by atoms with E-state index >= 15 is 0 Å². The lowest BCUT2D eigenvalue weighted by atomic mass is 9.70. The van der Waals surface area contributed by atoms with Gasteiger partial charge in [-0.25, -0.2) is 0 Å². The van der Waals surface area contributed by atoms with Crippen molar-refractivity contribution >= 4 is 5.71 Å². The molecular weight excluding hydrogens is 675 g/mol. The minimum absolute atomic E-state index is 0.312. The predicted octanol–water partition coefficient (Wildman–Crippen LogP) is 13.0. The molecule has 0 amide bonds. The van der Waals surface area contributed by atoms with Gasteiger partial charge < -0.3 is 0 Å². The van der Waals surface area contributed by atoms with Gasteiger partial charge in [0.2, 0.25) is 0 Å². The summed E-state index contributed by atoms with van der Waals surface area (Å²) in [5, 5.41) is 0. The van der Waals surface area contributed by atoms with Crippen LogP contribution in [0, 0.1) is 0 Å². The average molecular weight is 714 g/mol. The van der Waals surface area contributed by atoms with Gasteiger partial charge >= 0.3 is 0 Å². The normalized spacial score (nSPS) is 15.0. The summed E-state index contributed by atoms with van der Waals surface area (Å²) in [4.78, 5) is 5.62. The Labute approximate surface area is 328 Å². The van der Waals surface area contributed by atoms with E-state index in [4.69, 9.17) is 4.99 Å². The minimum Gasteiger partial charge on any atom is -0.278 e. The number of benzene rings is 8. The molecule has 0 heterocycles. The summed E-state index contributed by atoms with van der Waals surface area (Å²) in [6.07, 6.45) is 0. The summed E-state index contributed by atoms with van der Waals surface area (Å²) in [6.45, 7) is 6.65. The Morgan fingerprint density at radius 3 is 0.839 bits per heavy atom. The third kappa shape index (κ3) is 3.88. The summed E-state index contributed by atoms with van der Waals surface area (Å²) in [5.74, 6) is 0. The lowest BCUT2D eigenvalue weighted by molar-refractivity contribution is 0.584. The van der Waals surface area contributed by atoms with E-state index in [1.165, 1.54) is 89.0 Å². The monoisotopic (exact) mass is 713 g/mol. The van der Waals surface area contributed by atoms with Crippen molar-refractivity contribution in [2.75, 3.05) is 0 Å². The Bertz CT molecular complexity index is 2700. The minimum atomic E-state index is -0.414. The molecule has 4 aliphatic rings. The van der Waals surface area contributed by atoms with Crippen molar-refractivity contribution in [3.8, 4) is 44.5 Å². The first-order chi connectivity index (χ1) is 27.4. The van der Waals surface area contributed by atoms with Crippen LogP contribution in [-0.2, 0) is 10.8 Å². The second-order valence-corrected chi connectivity index (χ2v) is 16.9. The van der Waals surface area contributed by atoms with Crippen molar-refractivity contribution in [1.82, 2.24) is 0 Å². The van der Waals surface area contributed by atoms with Gasteiger partial charge in [-0.3, -0.25) is 4.99 Å². The van der Waals surface area contributed by atoms with Gasteiger partial charge in [-0.2, -0.15) is 0 Å². The summed E-state index contributed by atoms with van der Waals surface area (Å²) in [7, 11) is 0. The van der Waals surface area contributed by atoms with E-state index in [9.17, 15) is 0 Å². The Hall–Kier alpha value is -6.57. The van der Waals surface area contributed by atoms with Crippen molar-refractivity contribution in [1.29, 1.82) is 0 Å². The number of hydrogen-bond donors (Lipinski definition) is 0. The molecule has 0 aromatic heterocycles. The first-order valence-corrected chi connectivity index (χ1v) is 19.9. The zero-order valence-electron chi connectivity index (χ0n) is 31.8. The topological polar surface area (TPSA) is 12.4 Å². The number of nitrogens with zero attached hydrogens (tertiary/aromatic N) is 1. The highest BCUT2D eigenvalue weighted by atomic mass is 14.8. The van der Waals surface area contributed by atoms with Crippen LogP contribution in [0.5, 0.6) is 0 Å². The fourth-order valence-electron chi connectivity index (χ4n) is 11.1. The van der Waals surface area contributed by atoms with Gasteiger partial charge in [0.1, 0.15) is 0 Å². The smallest absolute Gasteiger partial charge is 0.0725 e. The Morgan fingerprint density at radius 2 is 0.571 bits per heavy atom. The fraction of sp³-hybridized carbons (Fsp3) is 0.109. The standard InChI is InChI=1S/C55H39N/c1-53(2,3)56-52(34-28-30-42-40-20-8-14-26-48(40)54(50(42)32-34)44-22-10-4-16-36(44)37-17-5-11-23-45(37)54)35-29-31-43-41-21-9-15-27-49(41)55(51(43)33-35)46-24-12-6-18-38(46)39-19-7-13-25-47(39)55/h4-33H,1-3H3. The molecule has 0 saturated carbocycles. The molecule has 0 fully saturated rings. The summed E-state index contributed by atoms with van der Waals surface area (Å²) in [5.41, 5.74) is 23.5. The highest BCUT2D eigenvalue weighted by Crippen LogP contribution is 2.64. The molecule has 0 radical (unpaired) electrons. The lowest BCUT2D eigenvalue weighted by Gasteiger charge is -2.31. The number of fused-ring (bicyclic) bond motifs is 20. The Balaban J connectivity index is 1.12. The van der Waals surface area contributed by atoms with Crippen LogP contribution in [0.25, 0.3) is 44.5 Å². The quantitative estimate of drug-likeness (QED) is 0.158. The maximum Gasteiger partial charge on any atom is 0.0725 e. The van der Waals surface area contributed by atoms with Crippen LogP contribution in [0.15, 0.2) is 187 Å². The molecule has 1 nitrogen and oxygen atoms in total. The first-order valence-electron chi connectivity index (χ1n) is 19.9. The zero-order valence-corrected chi connectivity index (χ0v) is 31.8. The molecule has 0 N–H and O–H groups in total. The maximum atomic E-state index is 5.62. The van der Waals surface area contributed by atoms with E-state index in [0.29, 0.717) is 0 Å². The van der Waals surface area contributed by atoms with Crippen molar-refractivity contribution in [2.24, 2.45) is 4.99 Å². The van der Waals surface area contributed by atoms with Gasteiger partial charge in [0.05, 0.1) is 22.1 Å². The molecule has 0 aliphatic heterocycles. The Kier molecular flexibility index (Phi) is 6.25. The maximum absolute atomic E-state index is 5.62. The first kappa shape index (κ1) is 31.7. The van der Waals surface area contributed by atoms with E-state index in [-0.39, 0.29) is 5.54 Å². The van der Waals surface area contributed by atoms with Crippen molar-refractivity contribution in [3.05, 3.63) is 238 Å². The number of rotatable bonds is 2. The van der Waals surface area contributed by atoms with E-state index in [0.717, 1.165) is 16.8 Å². The van der Waals surface area contributed by atoms with Crippen LogP contribution in [0.3, 0.4) is 0 Å². The molecule has 1 heteroatoms. The van der Waals surface area contributed by atoms with E-state index < -0.39 is 10.8 Å². The van der Waals surface area contributed by atoms with Crippen LogP contribution in [0.4, 0.5) is 0 Å². The second kappa shape index (κ2) is 11.0. The number of aliphatic imine (C=N–C) groups is 1. The van der Waals surface area contributed by atoms with E-state index in [1.807, 2.05) is 0 Å². The molecular formula is C55H39N. The van der Waals surface area contributed by atoms with Crippen LogP contribution in [-0.4, -0.2) is 11.3 Å². The largest absolute Gasteiger partial charge is 0.278 e. The van der Waals surface area contributed by atoms with Gasteiger partial charge in [-0.05, 0) is 122 Å². The van der Waals surface area contributed by atoms with Gasteiger partial charge in [-0.1, -0.05) is 170 Å². The molecule has 0 unspecified atom stereocenters. The van der Waals surface area contributed by atoms with Crippen molar-refractivity contribution in [2.45, 2.75) is 37.1 Å². The summed E-state index contributed by atoms with van der Waals surface area (Å²) in [6, 6.07) is 68.7. The molecule has 8 aromatic carbocycles. The summed E-state index contributed by atoms with van der Waals surface area (Å²) < 4.78 is 0. The highest BCUT2D eigenvalue weighted by molar-refractivity contribution is 6.15. The molecule has 2 spiro atoms. The van der Waals surface area contributed by atoms with Crippen LogP contribution >= 0.6 is 0 Å². The van der Waals surface area contributed by atoms with Crippen molar-refractivity contribution < 1.29 is 0 Å². The van der Waals surface area contributed by atoms with Gasteiger partial charge in [-0.15, -0.1) is 0 Å². The van der Waals surface area contributed by atoms with Gasteiger partial charge in [0, 0.05) is 11.1 Å². The third-order valence-electron chi connectivity index (χ3n) is 13.0. The van der Waals surface area contributed by atoms with Crippen LogP contribution in [0.1, 0.15) is 76.4 Å². The predicted molar refractivity (Wildman–Crippen MR) is 231 cm³/mol. The zero-order chi connectivity index (χ0) is 37.4. The fourth-order valence-corrected chi connectivity index (χ4v) is 11.1. The molecule has 264 valence electrons.